The van der Waals surface area contributed by atoms with Crippen molar-refractivity contribution in [3.8, 4) is 5.75 Å². The molecular weight excluding hydrogens is 410 g/mol. The SMILES string of the molecule is Cc1cc(S(=O)(=O)N2CCN(CC(=O)NCCOc3ccccc3)CC2)c(C)s1. The van der Waals surface area contributed by atoms with E-state index in [9.17, 15) is 13.2 Å². The zero-order valence-corrected chi connectivity index (χ0v) is 18.4. The second-order valence-corrected chi connectivity index (χ2v) is 10.3. The van der Waals surface area contributed by atoms with Crippen molar-refractivity contribution < 1.29 is 17.9 Å². The van der Waals surface area contributed by atoms with E-state index < -0.39 is 10.0 Å². The molecule has 9 heteroatoms. The molecule has 0 radical (unpaired) electrons. The molecule has 158 valence electrons. The minimum absolute atomic E-state index is 0.0812. The number of carbonyl (C=O) groups is 1. The molecule has 1 saturated heterocycles. The lowest BCUT2D eigenvalue weighted by Crippen LogP contribution is -2.51. The van der Waals surface area contributed by atoms with Gasteiger partial charge in [-0.2, -0.15) is 4.31 Å². The molecule has 1 N–H and O–H groups in total. The molecule has 1 aromatic heterocycles. The Hall–Kier alpha value is -1.94. The van der Waals surface area contributed by atoms with Crippen molar-refractivity contribution in [2.24, 2.45) is 0 Å². The predicted molar refractivity (Wildman–Crippen MR) is 114 cm³/mol. The van der Waals surface area contributed by atoms with Crippen LogP contribution in [0.2, 0.25) is 0 Å². The molecule has 0 spiro atoms. The molecule has 0 aliphatic carbocycles. The van der Waals surface area contributed by atoms with E-state index in [4.69, 9.17) is 4.74 Å². The first kappa shape index (κ1) is 21.8. The van der Waals surface area contributed by atoms with Crippen molar-refractivity contribution in [3.05, 3.63) is 46.2 Å². The largest absolute Gasteiger partial charge is 0.492 e. The summed E-state index contributed by atoms with van der Waals surface area (Å²) in [6.45, 7) is 6.70. The average Bonchev–Trinajstić information content (AvgIpc) is 3.05. The Balaban J connectivity index is 1.40. The van der Waals surface area contributed by atoms with Crippen LogP contribution < -0.4 is 10.1 Å². The molecule has 7 nitrogen and oxygen atoms in total. The van der Waals surface area contributed by atoms with E-state index in [0.29, 0.717) is 44.2 Å². The molecule has 1 amide bonds. The average molecular weight is 438 g/mol. The maximum Gasteiger partial charge on any atom is 0.244 e. The molecule has 0 atom stereocenters. The first-order chi connectivity index (χ1) is 13.9. The quantitative estimate of drug-likeness (QED) is 0.638. The number of ether oxygens (including phenoxy) is 1. The summed E-state index contributed by atoms with van der Waals surface area (Å²) in [5.41, 5.74) is 0. The zero-order chi connectivity index (χ0) is 20.9. The molecule has 29 heavy (non-hydrogen) atoms. The molecule has 1 aromatic carbocycles. The van der Waals surface area contributed by atoms with Gasteiger partial charge in [-0.25, -0.2) is 8.42 Å². The van der Waals surface area contributed by atoms with Crippen molar-refractivity contribution in [2.75, 3.05) is 45.9 Å². The van der Waals surface area contributed by atoms with Gasteiger partial charge in [0.05, 0.1) is 18.0 Å². The minimum atomic E-state index is -3.47. The second-order valence-electron chi connectivity index (χ2n) is 6.97. The van der Waals surface area contributed by atoms with Crippen LogP contribution in [0.4, 0.5) is 0 Å². The van der Waals surface area contributed by atoms with Crippen LogP contribution in [0.3, 0.4) is 0 Å². The molecular formula is C20H27N3O4S2. The first-order valence-corrected chi connectivity index (χ1v) is 11.9. The van der Waals surface area contributed by atoms with Crippen molar-refractivity contribution in [3.63, 3.8) is 0 Å². The van der Waals surface area contributed by atoms with Crippen LogP contribution in [-0.4, -0.2) is 69.4 Å². The Bertz CT molecular complexity index is 920. The molecule has 0 unspecified atom stereocenters. The molecule has 1 aliphatic rings. The number of sulfonamides is 1. The van der Waals surface area contributed by atoms with E-state index in [1.165, 1.54) is 15.6 Å². The summed E-state index contributed by atoms with van der Waals surface area (Å²) in [5, 5.41) is 2.84. The summed E-state index contributed by atoms with van der Waals surface area (Å²) in [7, 11) is -3.47. The smallest absolute Gasteiger partial charge is 0.244 e. The van der Waals surface area contributed by atoms with Crippen LogP contribution in [0.1, 0.15) is 9.75 Å². The number of amides is 1. The second kappa shape index (κ2) is 9.71. The van der Waals surface area contributed by atoms with Crippen LogP contribution in [0.15, 0.2) is 41.3 Å². The molecule has 1 fully saturated rings. The molecule has 2 heterocycles. The van der Waals surface area contributed by atoms with Crippen LogP contribution in [0.5, 0.6) is 5.75 Å². The third kappa shape index (κ3) is 5.79. The number of aryl methyl sites for hydroxylation is 2. The monoisotopic (exact) mass is 437 g/mol. The van der Waals surface area contributed by atoms with E-state index >= 15 is 0 Å². The fourth-order valence-corrected chi connectivity index (χ4v) is 6.21. The third-order valence-corrected chi connectivity index (χ3v) is 7.87. The number of benzene rings is 1. The van der Waals surface area contributed by atoms with Gasteiger partial charge in [0.2, 0.25) is 15.9 Å². The van der Waals surface area contributed by atoms with E-state index in [0.717, 1.165) is 15.5 Å². The van der Waals surface area contributed by atoms with E-state index in [-0.39, 0.29) is 12.5 Å². The van der Waals surface area contributed by atoms with Gasteiger partial charge in [0.25, 0.3) is 0 Å². The van der Waals surface area contributed by atoms with Crippen molar-refractivity contribution >= 4 is 27.3 Å². The van der Waals surface area contributed by atoms with Gasteiger partial charge in [-0.3, -0.25) is 9.69 Å². The van der Waals surface area contributed by atoms with Gasteiger partial charge in [-0.05, 0) is 32.0 Å². The summed E-state index contributed by atoms with van der Waals surface area (Å²) in [5.74, 6) is 0.692. The first-order valence-electron chi connectivity index (χ1n) is 9.60. The standard InChI is InChI=1S/C20H27N3O4S2/c1-16-14-19(17(2)28-16)29(25,26)23-11-9-22(10-12-23)15-20(24)21-8-13-27-18-6-4-3-5-7-18/h3-7,14H,8-13,15H2,1-2H3,(H,21,24). The number of carbonyl (C=O) groups excluding carboxylic acids is 1. The molecule has 2 aromatic rings. The summed E-state index contributed by atoms with van der Waals surface area (Å²) < 4.78 is 32.8. The van der Waals surface area contributed by atoms with Gasteiger partial charge < -0.3 is 10.1 Å². The van der Waals surface area contributed by atoms with Gasteiger partial charge in [0.15, 0.2) is 0 Å². The van der Waals surface area contributed by atoms with Gasteiger partial charge in [0.1, 0.15) is 12.4 Å². The maximum atomic E-state index is 12.9. The lowest BCUT2D eigenvalue weighted by atomic mass is 10.3. The van der Waals surface area contributed by atoms with Crippen LogP contribution in [-0.2, 0) is 14.8 Å². The lowest BCUT2D eigenvalue weighted by Gasteiger charge is -2.33. The molecule has 0 saturated carbocycles. The third-order valence-electron chi connectivity index (χ3n) is 4.75. The Morgan fingerprint density at radius 3 is 2.45 bits per heavy atom. The number of hydrogen-bond acceptors (Lipinski definition) is 6. The van der Waals surface area contributed by atoms with E-state index in [1.54, 1.807) is 6.07 Å². The Morgan fingerprint density at radius 2 is 1.83 bits per heavy atom. The zero-order valence-electron chi connectivity index (χ0n) is 16.8. The Labute approximate surface area is 176 Å². The van der Waals surface area contributed by atoms with Gasteiger partial charge in [-0.1, -0.05) is 18.2 Å². The summed E-state index contributed by atoms with van der Waals surface area (Å²) in [4.78, 5) is 16.3. The van der Waals surface area contributed by atoms with Crippen LogP contribution in [0, 0.1) is 13.8 Å². The molecule has 3 rings (SSSR count). The van der Waals surface area contributed by atoms with Gasteiger partial charge in [0, 0.05) is 35.9 Å². The number of nitrogens with zero attached hydrogens (tertiary/aromatic N) is 2. The Kier molecular flexibility index (Phi) is 7.28. The number of para-hydroxylation sites is 1. The van der Waals surface area contributed by atoms with Gasteiger partial charge >= 0.3 is 0 Å². The normalized spacial score (nSPS) is 15.9. The maximum absolute atomic E-state index is 12.9. The van der Waals surface area contributed by atoms with E-state index in [2.05, 4.69) is 5.32 Å². The number of nitrogens with one attached hydrogen (secondary N) is 1. The van der Waals surface area contributed by atoms with Crippen LogP contribution >= 0.6 is 11.3 Å². The summed E-state index contributed by atoms with van der Waals surface area (Å²) >= 11 is 1.50. The highest BCUT2D eigenvalue weighted by atomic mass is 32.2. The highest BCUT2D eigenvalue weighted by Crippen LogP contribution is 2.28. The van der Waals surface area contributed by atoms with E-state index in [1.807, 2.05) is 49.1 Å². The Morgan fingerprint density at radius 1 is 1.14 bits per heavy atom. The number of rotatable bonds is 8. The highest BCUT2D eigenvalue weighted by Gasteiger charge is 2.30. The minimum Gasteiger partial charge on any atom is -0.492 e. The summed E-state index contributed by atoms with van der Waals surface area (Å²) in [6.07, 6.45) is 0. The van der Waals surface area contributed by atoms with Crippen LogP contribution in [0.25, 0.3) is 0 Å². The highest BCUT2D eigenvalue weighted by molar-refractivity contribution is 7.89. The lowest BCUT2D eigenvalue weighted by molar-refractivity contribution is -0.122. The number of thiophene rings is 1. The fourth-order valence-electron chi connectivity index (χ4n) is 3.27. The molecule has 0 bridgehead atoms. The fraction of sp³-hybridized carbons (Fsp3) is 0.450. The topological polar surface area (TPSA) is 79.0 Å². The predicted octanol–water partition coefficient (Wildman–Crippen LogP) is 1.87. The van der Waals surface area contributed by atoms with Crippen molar-refractivity contribution in [1.29, 1.82) is 0 Å². The molecule has 1 aliphatic heterocycles. The number of piperazine rings is 1. The van der Waals surface area contributed by atoms with Gasteiger partial charge in [-0.15, -0.1) is 11.3 Å². The van der Waals surface area contributed by atoms with Crippen molar-refractivity contribution in [1.82, 2.24) is 14.5 Å². The number of hydrogen-bond donors (Lipinski definition) is 1. The summed E-state index contributed by atoms with van der Waals surface area (Å²) in [6, 6.07) is 11.2. The van der Waals surface area contributed by atoms with Crippen molar-refractivity contribution in [2.45, 2.75) is 18.7 Å².